The normalized spacial score (nSPS) is 12.7. The number of carbonyl (C=O) groups is 1. The van der Waals surface area contributed by atoms with Crippen molar-refractivity contribution in [3.05, 3.63) is 59.9 Å². The Bertz CT molecular complexity index is 1090. The van der Waals surface area contributed by atoms with Gasteiger partial charge in [-0.05, 0) is 18.2 Å². The van der Waals surface area contributed by atoms with Gasteiger partial charge in [-0.1, -0.05) is 0 Å². The molecule has 31 heavy (non-hydrogen) atoms. The fourth-order valence-corrected chi connectivity index (χ4v) is 2.44. The molecule has 0 fully saturated rings. The summed E-state index contributed by atoms with van der Waals surface area (Å²) in [4.78, 5) is 23.5. The summed E-state index contributed by atoms with van der Waals surface area (Å²) in [6.07, 6.45) is -4.08. The number of alkyl halides is 6. The van der Waals surface area contributed by atoms with Gasteiger partial charge in [0.05, 0.1) is 28.6 Å². The van der Waals surface area contributed by atoms with Crippen molar-refractivity contribution in [2.75, 3.05) is 0 Å². The van der Waals surface area contributed by atoms with E-state index < -0.39 is 40.8 Å². The number of aromatic nitrogens is 5. The second-order valence-corrected chi connectivity index (χ2v) is 5.95. The van der Waals surface area contributed by atoms with E-state index in [9.17, 15) is 31.1 Å². The van der Waals surface area contributed by atoms with E-state index in [-0.39, 0.29) is 17.3 Å². The van der Waals surface area contributed by atoms with Gasteiger partial charge >= 0.3 is 12.4 Å². The summed E-state index contributed by atoms with van der Waals surface area (Å²) in [7, 11) is 0. The fourth-order valence-electron chi connectivity index (χ4n) is 2.44. The van der Waals surface area contributed by atoms with Gasteiger partial charge in [-0.3, -0.25) is 20.2 Å². The number of carbonyl (C=O) groups excluding carboxylic acids is 1. The number of nitrogens with two attached hydrogens (primary N) is 1. The van der Waals surface area contributed by atoms with Gasteiger partial charge in [0.25, 0.3) is 5.91 Å². The molecule has 0 saturated carbocycles. The highest BCUT2D eigenvalue weighted by molar-refractivity contribution is 6.22. The van der Waals surface area contributed by atoms with Gasteiger partial charge in [0.1, 0.15) is 6.33 Å². The first-order valence-corrected chi connectivity index (χ1v) is 8.19. The molecule has 3 aromatic rings. The highest BCUT2D eigenvalue weighted by Crippen LogP contribution is 2.38. The van der Waals surface area contributed by atoms with Crippen molar-refractivity contribution in [1.29, 1.82) is 0 Å². The average Bonchev–Trinajstić information content (AvgIpc) is 3.19. The molecule has 162 valence electrons. The van der Waals surface area contributed by atoms with Crippen LogP contribution in [0.4, 0.5) is 26.3 Å². The first-order chi connectivity index (χ1) is 14.5. The standard InChI is InChI=1S/C17H11F6N7O/c18-16(19,20)10-3-9(4-11(5-10)17(21,22)23)14-27-8-30(29-14)7-12(15(31)28-24)13-6-25-1-2-26-13/h1-8H,24H2,(H,28,31). The van der Waals surface area contributed by atoms with Gasteiger partial charge < -0.3 is 0 Å². The third-order valence-corrected chi connectivity index (χ3v) is 3.83. The first kappa shape index (κ1) is 21.9. The maximum Gasteiger partial charge on any atom is 0.416 e. The lowest BCUT2D eigenvalue weighted by atomic mass is 10.0. The molecule has 0 aliphatic carbocycles. The summed E-state index contributed by atoms with van der Waals surface area (Å²) in [6.45, 7) is 0. The fraction of sp³-hybridized carbons (Fsp3) is 0.118. The predicted octanol–water partition coefficient (Wildman–Crippen LogP) is 2.76. The Morgan fingerprint density at radius 2 is 1.65 bits per heavy atom. The molecule has 0 aliphatic rings. The number of benzene rings is 1. The van der Waals surface area contributed by atoms with E-state index in [1.54, 1.807) is 0 Å². The molecule has 3 N–H and O–H groups in total. The van der Waals surface area contributed by atoms with Crippen LogP contribution in [0.25, 0.3) is 23.2 Å². The zero-order chi connectivity index (χ0) is 22.8. The topological polar surface area (TPSA) is 112 Å². The van der Waals surface area contributed by atoms with Gasteiger partial charge in [-0.2, -0.15) is 26.3 Å². The van der Waals surface area contributed by atoms with E-state index >= 15 is 0 Å². The van der Waals surface area contributed by atoms with Crippen molar-refractivity contribution in [3.63, 3.8) is 0 Å². The summed E-state index contributed by atoms with van der Waals surface area (Å²) in [5.41, 5.74) is -1.69. The van der Waals surface area contributed by atoms with E-state index in [0.29, 0.717) is 12.1 Å². The quantitative estimate of drug-likeness (QED) is 0.211. The highest BCUT2D eigenvalue weighted by Gasteiger charge is 2.37. The number of hydrazine groups is 1. The molecule has 0 saturated heterocycles. The number of hydrogen-bond acceptors (Lipinski definition) is 6. The Morgan fingerprint density at radius 3 is 2.16 bits per heavy atom. The van der Waals surface area contributed by atoms with Crippen LogP contribution in [0.3, 0.4) is 0 Å². The Balaban J connectivity index is 2.07. The Hall–Kier alpha value is -3.81. The lowest BCUT2D eigenvalue weighted by Gasteiger charge is -2.13. The number of halogens is 6. The van der Waals surface area contributed by atoms with Crippen LogP contribution >= 0.6 is 0 Å². The van der Waals surface area contributed by atoms with Crippen molar-refractivity contribution >= 4 is 17.7 Å². The zero-order valence-electron chi connectivity index (χ0n) is 15.1. The summed E-state index contributed by atoms with van der Waals surface area (Å²) < 4.78 is 79.2. The lowest BCUT2D eigenvalue weighted by Crippen LogP contribution is -2.31. The number of rotatable bonds is 4. The number of hydrogen-bond donors (Lipinski definition) is 2. The second-order valence-electron chi connectivity index (χ2n) is 5.95. The van der Waals surface area contributed by atoms with Crippen molar-refractivity contribution in [2.45, 2.75) is 12.4 Å². The summed E-state index contributed by atoms with van der Waals surface area (Å²) in [5, 5.41) is 3.83. The van der Waals surface area contributed by atoms with Gasteiger partial charge in [0.2, 0.25) is 0 Å². The molecule has 1 amide bonds. The van der Waals surface area contributed by atoms with Crippen molar-refractivity contribution in [3.8, 4) is 11.4 Å². The van der Waals surface area contributed by atoms with Crippen LogP contribution < -0.4 is 11.3 Å². The van der Waals surface area contributed by atoms with Gasteiger partial charge in [-0.15, -0.1) is 5.10 Å². The third-order valence-electron chi connectivity index (χ3n) is 3.83. The minimum Gasteiger partial charge on any atom is -0.290 e. The molecule has 0 bridgehead atoms. The average molecular weight is 443 g/mol. The summed E-state index contributed by atoms with van der Waals surface area (Å²) >= 11 is 0. The zero-order valence-corrected chi connectivity index (χ0v) is 15.1. The number of nitrogens with one attached hydrogen (secondary N) is 1. The molecular formula is C17H11F6N7O. The third kappa shape index (κ3) is 5.03. The van der Waals surface area contributed by atoms with Crippen LogP contribution in [0.2, 0.25) is 0 Å². The highest BCUT2D eigenvalue weighted by atomic mass is 19.4. The smallest absolute Gasteiger partial charge is 0.290 e. The monoisotopic (exact) mass is 443 g/mol. The van der Waals surface area contributed by atoms with Crippen LogP contribution in [0.5, 0.6) is 0 Å². The number of amides is 1. The largest absolute Gasteiger partial charge is 0.416 e. The Labute approximate surface area is 169 Å². The molecular weight excluding hydrogens is 432 g/mol. The van der Waals surface area contributed by atoms with Crippen LogP contribution in [-0.2, 0) is 17.1 Å². The summed E-state index contributed by atoms with van der Waals surface area (Å²) in [5.74, 6) is 3.90. The maximum atomic E-state index is 13.1. The first-order valence-electron chi connectivity index (χ1n) is 8.19. The molecule has 0 radical (unpaired) electrons. The molecule has 14 heteroatoms. The molecule has 0 spiro atoms. The van der Waals surface area contributed by atoms with Gasteiger partial charge in [-0.25, -0.2) is 15.5 Å². The van der Waals surface area contributed by atoms with Crippen LogP contribution in [0.1, 0.15) is 16.8 Å². The Morgan fingerprint density at radius 1 is 1.00 bits per heavy atom. The number of nitrogens with zero attached hydrogens (tertiary/aromatic N) is 5. The molecule has 3 rings (SSSR count). The summed E-state index contributed by atoms with van der Waals surface area (Å²) in [6, 6.07) is 0.988. The van der Waals surface area contributed by atoms with Crippen molar-refractivity contribution in [1.82, 2.24) is 30.2 Å². The Kier molecular flexibility index (Phi) is 5.75. The molecule has 0 atom stereocenters. The molecule has 2 aromatic heterocycles. The van der Waals surface area contributed by atoms with Gasteiger partial charge in [0.15, 0.2) is 5.82 Å². The molecule has 2 heterocycles. The van der Waals surface area contributed by atoms with Crippen LogP contribution in [0.15, 0.2) is 43.1 Å². The van der Waals surface area contributed by atoms with Gasteiger partial charge in [0, 0.05) is 24.2 Å². The van der Waals surface area contributed by atoms with Crippen molar-refractivity contribution in [2.24, 2.45) is 5.84 Å². The van der Waals surface area contributed by atoms with E-state index in [1.165, 1.54) is 18.6 Å². The molecule has 0 unspecified atom stereocenters. The van der Waals surface area contributed by atoms with E-state index in [4.69, 9.17) is 5.84 Å². The second kappa shape index (κ2) is 8.14. The lowest BCUT2D eigenvalue weighted by molar-refractivity contribution is -0.143. The van der Waals surface area contributed by atoms with E-state index in [2.05, 4.69) is 20.1 Å². The predicted molar refractivity (Wildman–Crippen MR) is 94.0 cm³/mol. The van der Waals surface area contributed by atoms with E-state index in [1.807, 2.05) is 5.43 Å². The van der Waals surface area contributed by atoms with Crippen molar-refractivity contribution < 1.29 is 31.1 Å². The van der Waals surface area contributed by atoms with Crippen LogP contribution in [-0.4, -0.2) is 30.6 Å². The molecule has 8 nitrogen and oxygen atoms in total. The minimum absolute atomic E-state index is 0.00183. The SMILES string of the molecule is NNC(=O)C(=Cn1cnc(-c2cc(C(F)(F)F)cc(C(F)(F)F)c2)n1)c1cnccn1. The maximum absolute atomic E-state index is 13.1. The molecule has 0 aliphatic heterocycles. The van der Waals surface area contributed by atoms with E-state index in [0.717, 1.165) is 17.2 Å². The van der Waals surface area contributed by atoms with Crippen LogP contribution in [0, 0.1) is 0 Å². The molecule has 1 aromatic carbocycles. The minimum atomic E-state index is -5.02.